The molecule has 1 aromatic heterocycles. The smallest absolute Gasteiger partial charge is 0.246 e. The molecule has 152 valence electrons. The Bertz CT molecular complexity index is 1170. The monoisotopic (exact) mass is 416 g/mol. The number of sulfonamides is 1. The van der Waals surface area contributed by atoms with Crippen LogP contribution in [0, 0.1) is 12.7 Å². The van der Waals surface area contributed by atoms with Gasteiger partial charge in [0.1, 0.15) is 23.1 Å². The molecule has 0 N–H and O–H groups in total. The van der Waals surface area contributed by atoms with Crippen LogP contribution in [0.3, 0.4) is 0 Å². The molecule has 0 unspecified atom stereocenters. The SMILES string of the molecule is Cc1nc2ccccc2n1CC(=O)N1CCN(S(=O)(=O)c2ccccc2F)CC1. The number of hydrogen-bond donors (Lipinski definition) is 0. The summed E-state index contributed by atoms with van der Waals surface area (Å²) in [4.78, 5) is 18.6. The van der Waals surface area contributed by atoms with Crippen molar-refractivity contribution in [1.82, 2.24) is 18.8 Å². The topological polar surface area (TPSA) is 75.5 Å². The van der Waals surface area contributed by atoms with Crippen LogP contribution in [0.25, 0.3) is 11.0 Å². The Morgan fingerprint density at radius 3 is 2.41 bits per heavy atom. The molecule has 1 amide bonds. The summed E-state index contributed by atoms with van der Waals surface area (Å²) in [6, 6.07) is 12.9. The van der Waals surface area contributed by atoms with Crippen molar-refractivity contribution in [2.75, 3.05) is 26.2 Å². The molecule has 2 heterocycles. The number of piperazine rings is 1. The average molecular weight is 416 g/mol. The quantitative estimate of drug-likeness (QED) is 0.652. The molecule has 0 radical (unpaired) electrons. The number of nitrogens with zero attached hydrogens (tertiary/aromatic N) is 4. The molecule has 1 fully saturated rings. The van der Waals surface area contributed by atoms with E-state index >= 15 is 0 Å². The lowest BCUT2D eigenvalue weighted by atomic mass is 10.3. The third-order valence-electron chi connectivity index (χ3n) is 5.18. The van der Waals surface area contributed by atoms with Crippen LogP contribution in [0.1, 0.15) is 5.82 Å². The van der Waals surface area contributed by atoms with Crippen molar-refractivity contribution in [3.8, 4) is 0 Å². The van der Waals surface area contributed by atoms with Crippen LogP contribution < -0.4 is 0 Å². The summed E-state index contributed by atoms with van der Waals surface area (Å²) in [6.07, 6.45) is 0. The molecule has 7 nitrogen and oxygen atoms in total. The van der Waals surface area contributed by atoms with Gasteiger partial charge in [0, 0.05) is 26.2 Å². The van der Waals surface area contributed by atoms with E-state index in [2.05, 4.69) is 4.98 Å². The summed E-state index contributed by atoms with van der Waals surface area (Å²) in [5.41, 5.74) is 1.72. The molecule has 0 bridgehead atoms. The van der Waals surface area contributed by atoms with Crippen LogP contribution >= 0.6 is 0 Å². The zero-order chi connectivity index (χ0) is 20.6. The van der Waals surface area contributed by atoms with Crippen molar-refractivity contribution in [2.24, 2.45) is 0 Å². The second kappa shape index (κ2) is 7.57. The van der Waals surface area contributed by atoms with Crippen LogP contribution in [-0.2, 0) is 21.4 Å². The number of carbonyl (C=O) groups excluding carboxylic acids is 1. The van der Waals surface area contributed by atoms with E-state index in [-0.39, 0.29) is 43.5 Å². The number of imidazole rings is 1. The molecule has 2 aromatic carbocycles. The first-order valence-electron chi connectivity index (χ1n) is 9.32. The van der Waals surface area contributed by atoms with Crippen LogP contribution in [-0.4, -0.2) is 59.3 Å². The Balaban J connectivity index is 1.45. The number of halogens is 1. The maximum atomic E-state index is 13.9. The molecule has 29 heavy (non-hydrogen) atoms. The third kappa shape index (κ3) is 3.63. The van der Waals surface area contributed by atoms with Gasteiger partial charge in [-0.2, -0.15) is 4.31 Å². The maximum absolute atomic E-state index is 13.9. The number of benzene rings is 2. The Morgan fingerprint density at radius 1 is 1.03 bits per heavy atom. The number of fused-ring (bicyclic) bond motifs is 1. The van der Waals surface area contributed by atoms with Gasteiger partial charge >= 0.3 is 0 Å². The predicted molar refractivity (Wildman–Crippen MR) is 106 cm³/mol. The van der Waals surface area contributed by atoms with Crippen molar-refractivity contribution < 1.29 is 17.6 Å². The van der Waals surface area contributed by atoms with Crippen molar-refractivity contribution in [3.05, 3.63) is 60.2 Å². The van der Waals surface area contributed by atoms with Gasteiger partial charge in [0.2, 0.25) is 15.9 Å². The lowest BCUT2D eigenvalue weighted by Crippen LogP contribution is -2.51. The minimum absolute atomic E-state index is 0.0980. The second-order valence-electron chi connectivity index (χ2n) is 6.95. The minimum atomic E-state index is -3.92. The van der Waals surface area contributed by atoms with Gasteiger partial charge in [-0.05, 0) is 31.2 Å². The number of aromatic nitrogens is 2. The van der Waals surface area contributed by atoms with E-state index in [4.69, 9.17) is 0 Å². The van der Waals surface area contributed by atoms with Crippen molar-refractivity contribution in [1.29, 1.82) is 0 Å². The van der Waals surface area contributed by atoms with E-state index in [1.54, 1.807) is 4.90 Å². The van der Waals surface area contributed by atoms with E-state index < -0.39 is 15.8 Å². The first kappa shape index (κ1) is 19.5. The van der Waals surface area contributed by atoms with Gasteiger partial charge in [-0.15, -0.1) is 0 Å². The average Bonchev–Trinajstić information content (AvgIpc) is 3.03. The van der Waals surface area contributed by atoms with Crippen LogP contribution in [0.2, 0.25) is 0 Å². The molecule has 1 aliphatic rings. The van der Waals surface area contributed by atoms with E-state index in [1.807, 2.05) is 35.8 Å². The lowest BCUT2D eigenvalue weighted by Gasteiger charge is -2.34. The number of aryl methyl sites for hydroxylation is 1. The fourth-order valence-corrected chi connectivity index (χ4v) is 5.09. The van der Waals surface area contributed by atoms with E-state index in [9.17, 15) is 17.6 Å². The number of amides is 1. The fourth-order valence-electron chi connectivity index (χ4n) is 3.60. The zero-order valence-corrected chi connectivity index (χ0v) is 16.8. The highest BCUT2D eigenvalue weighted by molar-refractivity contribution is 7.89. The molecule has 9 heteroatoms. The summed E-state index contributed by atoms with van der Waals surface area (Å²) in [5.74, 6) is -0.118. The molecule has 0 saturated carbocycles. The van der Waals surface area contributed by atoms with Gasteiger partial charge in [-0.1, -0.05) is 24.3 Å². The minimum Gasteiger partial charge on any atom is -0.339 e. The standard InChI is InChI=1S/C20H21FN4O3S/c1-15-22-17-7-3-4-8-18(17)25(15)14-20(26)23-10-12-24(13-11-23)29(27,28)19-9-5-2-6-16(19)21/h2-9H,10-14H2,1H3. The summed E-state index contributed by atoms with van der Waals surface area (Å²) in [5, 5.41) is 0. The predicted octanol–water partition coefficient (Wildman–Crippen LogP) is 2.02. The summed E-state index contributed by atoms with van der Waals surface area (Å²) in [7, 11) is -3.92. The highest BCUT2D eigenvalue weighted by Crippen LogP contribution is 2.21. The summed E-state index contributed by atoms with van der Waals surface area (Å²) >= 11 is 0. The number of hydrogen-bond acceptors (Lipinski definition) is 4. The molecule has 1 aliphatic heterocycles. The van der Waals surface area contributed by atoms with Crippen molar-refractivity contribution in [2.45, 2.75) is 18.4 Å². The highest BCUT2D eigenvalue weighted by atomic mass is 32.2. The molecule has 3 aromatic rings. The summed E-state index contributed by atoms with van der Waals surface area (Å²) < 4.78 is 42.4. The maximum Gasteiger partial charge on any atom is 0.246 e. The number of carbonyl (C=O) groups is 1. The molecule has 0 aliphatic carbocycles. The number of para-hydroxylation sites is 2. The first-order chi connectivity index (χ1) is 13.9. The van der Waals surface area contributed by atoms with Gasteiger partial charge in [-0.3, -0.25) is 4.79 Å². The lowest BCUT2D eigenvalue weighted by molar-refractivity contribution is -0.133. The molecular formula is C20H21FN4O3S. The van der Waals surface area contributed by atoms with E-state index in [0.717, 1.165) is 22.9 Å². The van der Waals surface area contributed by atoms with Crippen LogP contribution in [0.5, 0.6) is 0 Å². The highest BCUT2D eigenvalue weighted by Gasteiger charge is 2.31. The first-order valence-corrected chi connectivity index (χ1v) is 10.8. The normalized spacial score (nSPS) is 15.7. The van der Waals surface area contributed by atoms with Crippen LogP contribution in [0.4, 0.5) is 4.39 Å². The van der Waals surface area contributed by atoms with Gasteiger partial charge in [-0.25, -0.2) is 17.8 Å². The Labute approximate surface area is 168 Å². The number of rotatable bonds is 4. The van der Waals surface area contributed by atoms with E-state index in [0.29, 0.717) is 0 Å². The third-order valence-corrected chi connectivity index (χ3v) is 7.12. The second-order valence-corrected chi connectivity index (χ2v) is 8.86. The molecular weight excluding hydrogens is 395 g/mol. The van der Waals surface area contributed by atoms with Crippen molar-refractivity contribution in [3.63, 3.8) is 0 Å². The van der Waals surface area contributed by atoms with Crippen molar-refractivity contribution >= 4 is 27.0 Å². The molecule has 4 rings (SSSR count). The summed E-state index contributed by atoms with van der Waals surface area (Å²) in [6.45, 7) is 2.78. The van der Waals surface area contributed by atoms with Gasteiger partial charge in [0.05, 0.1) is 11.0 Å². The zero-order valence-electron chi connectivity index (χ0n) is 16.0. The molecule has 0 atom stereocenters. The Morgan fingerprint density at radius 2 is 1.69 bits per heavy atom. The van der Waals surface area contributed by atoms with E-state index in [1.165, 1.54) is 22.5 Å². The van der Waals surface area contributed by atoms with Gasteiger partial charge in [0.15, 0.2) is 0 Å². The molecule has 0 spiro atoms. The Kier molecular flexibility index (Phi) is 5.10. The van der Waals surface area contributed by atoms with Gasteiger partial charge in [0.25, 0.3) is 0 Å². The largest absolute Gasteiger partial charge is 0.339 e. The fraction of sp³-hybridized carbons (Fsp3) is 0.300. The Hall–Kier alpha value is -2.78. The van der Waals surface area contributed by atoms with Gasteiger partial charge < -0.3 is 9.47 Å². The molecule has 1 saturated heterocycles. The van der Waals surface area contributed by atoms with Crippen LogP contribution in [0.15, 0.2) is 53.4 Å².